The third-order valence-corrected chi connectivity index (χ3v) is 3.59. The summed E-state index contributed by atoms with van der Waals surface area (Å²) in [6.07, 6.45) is 5.35. The second-order valence-corrected chi connectivity index (χ2v) is 5.24. The molecule has 1 fully saturated rings. The molecule has 0 aliphatic heterocycles. The Labute approximate surface area is 95.0 Å². The summed E-state index contributed by atoms with van der Waals surface area (Å²) in [5.41, 5.74) is -0.193. The van der Waals surface area contributed by atoms with Crippen molar-refractivity contribution in [2.75, 3.05) is 0 Å². The number of hydrogen-bond donors (Lipinski definition) is 1. The van der Waals surface area contributed by atoms with E-state index in [1.54, 1.807) is 16.8 Å². The Morgan fingerprint density at radius 2 is 2.31 bits per heavy atom. The third-order valence-electron chi connectivity index (χ3n) is 3.59. The summed E-state index contributed by atoms with van der Waals surface area (Å²) < 4.78 is 1.66. The first kappa shape index (κ1) is 11.3. The first-order valence-corrected chi connectivity index (χ1v) is 5.72. The van der Waals surface area contributed by atoms with E-state index in [0.717, 1.165) is 12.8 Å². The Morgan fingerprint density at radius 3 is 3.00 bits per heavy atom. The van der Waals surface area contributed by atoms with Gasteiger partial charge in [0.25, 0.3) is 0 Å². The molecule has 1 aliphatic rings. The van der Waals surface area contributed by atoms with Crippen molar-refractivity contribution < 1.29 is 5.11 Å². The van der Waals surface area contributed by atoms with Gasteiger partial charge < -0.3 is 5.11 Å². The predicted octanol–water partition coefficient (Wildman–Crippen LogP) is 1.36. The molecule has 0 saturated heterocycles. The highest BCUT2D eigenvalue weighted by Gasteiger charge is 2.37. The first-order valence-electron chi connectivity index (χ1n) is 5.72. The fraction of sp³-hybridized carbons (Fsp3) is 0.667. The van der Waals surface area contributed by atoms with Crippen LogP contribution in [-0.4, -0.2) is 20.8 Å². The summed E-state index contributed by atoms with van der Waals surface area (Å²) in [5.74, 6) is 0. The van der Waals surface area contributed by atoms with Gasteiger partial charge in [-0.2, -0.15) is 0 Å². The average molecular weight is 222 g/mol. The van der Waals surface area contributed by atoms with Crippen molar-refractivity contribution in [3.63, 3.8) is 0 Å². The van der Waals surface area contributed by atoms with Gasteiger partial charge in [-0.05, 0) is 30.7 Å². The molecule has 1 aromatic heterocycles. The molecule has 1 aliphatic carbocycles. The van der Waals surface area contributed by atoms with Crippen molar-refractivity contribution in [1.82, 2.24) is 9.55 Å². The van der Waals surface area contributed by atoms with E-state index in [2.05, 4.69) is 18.8 Å². The molecule has 1 heterocycles. The van der Waals surface area contributed by atoms with Gasteiger partial charge in [0.2, 0.25) is 0 Å². The standard InChI is InChI=1S/C12H18N2O2/c1-12(2)5-4-9(15)8-10(12)14-7-3-6-13-11(14)16/h3,6-7,9-10,15H,4-5,8H2,1-2H3. The molecule has 0 spiro atoms. The van der Waals surface area contributed by atoms with E-state index in [1.165, 1.54) is 6.20 Å². The van der Waals surface area contributed by atoms with Crippen molar-refractivity contribution in [1.29, 1.82) is 0 Å². The Kier molecular flexibility index (Phi) is 2.84. The number of nitrogens with zero attached hydrogens (tertiary/aromatic N) is 2. The minimum atomic E-state index is -0.301. The minimum absolute atomic E-state index is 0.0338. The molecule has 0 aromatic carbocycles. The summed E-state index contributed by atoms with van der Waals surface area (Å²) in [4.78, 5) is 15.5. The van der Waals surface area contributed by atoms with Gasteiger partial charge in [0.1, 0.15) is 0 Å². The van der Waals surface area contributed by atoms with Crippen LogP contribution in [-0.2, 0) is 0 Å². The molecule has 1 saturated carbocycles. The second kappa shape index (κ2) is 4.01. The lowest BCUT2D eigenvalue weighted by Gasteiger charge is -2.41. The molecule has 2 atom stereocenters. The monoisotopic (exact) mass is 222 g/mol. The van der Waals surface area contributed by atoms with Crippen molar-refractivity contribution in [3.05, 3.63) is 28.9 Å². The van der Waals surface area contributed by atoms with E-state index in [-0.39, 0.29) is 23.3 Å². The van der Waals surface area contributed by atoms with Gasteiger partial charge in [-0.25, -0.2) is 9.78 Å². The number of aliphatic hydroxyl groups excluding tert-OH is 1. The number of rotatable bonds is 1. The number of aliphatic hydroxyl groups is 1. The van der Waals surface area contributed by atoms with Gasteiger partial charge in [-0.15, -0.1) is 0 Å². The average Bonchev–Trinajstić information content (AvgIpc) is 2.23. The van der Waals surface area contributed by atoms with Gasteiger partial charge in [-0.3, -0.25) is 4.57 Å². The smallest absolute Gasteiger partial charge is 0.347 e. The van der Waals surface area contributed by atoms with Crippen LogP contribution in [0.3, 0.4) is 0 Å². The Hall–Kier alpha value is -1.16. The van der Waals surface area contributed by atoms with Gasteiger partial charge in [-0.1, -0.05) is 13.8 Å². The normalized spacial score (nSPS) is 28.9. The van der Waals surface area contributed by atoms with Crippen molar-refractivity contribution >= 4 is 0 Å². The van der Waals surface area contributed by atoms with E-state index in [0.29, 0.717) is 6.42 Å². The molecule has 0 amide bonds. The van der Waals surface area contributed by atoms with Crippen LogP contribution in [0, 0.1) is 5.41 Å². The Balaban J connectivity index is 2.38. The zero-order valence-corrected chi connectivity index (χ0v) is 9.76. The first-order chi connectivity index (χ1) is 7.50. The largest absolute Gasteiger partial charge is 0.393 e. The molecule has 2 rings (SSSR count). The van der Waals surface area contributed by atoms with Crippen LogP contribution in [0.15, 0.2) is 23.3 Å². The predicted molar refractivity (Wildman–Crippen MR) is 61.2 cm³/mol. The highest BCUT2D eigenvalue weighted by molar-refractivity contribution is 4.94. The fourth-order valence-corrected chi connectivity index (χ4v) is 2.50. The Morgan fingerprint density at radius 1 is 1.56 bits per heavy atom. The van der Waals surface area contributed by atoms with Crippen LogP contribution in [0.5, 0.6) is 0 Å². The van der Waals surface area contributed by atoms with Crippen LogP contribution in [0.1, 0.15) is 39.2 Å². The van der Waals surface area contributed by atoms with E-state index in [1.807, 2.05) is 0 Å². The minimum Gasteiger partial charge on any atom is -0.393 e. The van der Waals surface area contributed by atoms with Crippen LogP contribution in [0.2, 0.25) is 0 Å². The Bertz CT molecular complexity index is 425. The third kappa shape index (κ3) is 2.02. The maximum absolute atomic E-state index is 11.7. The maximum atomic E-state index is 11.7. The molecule has 2 unspecified atom stereocenters. The summed E-state index contributed by atoms with van der Waals surface area (Å²) in [6, 6.07) is 1.80. The zero-order valence-electron chi connectivity index (χ0n) is 9.76. The lowest BCUT2D eigenvalue weighted by Crippen LogP contribution is -2.40. The van der Waals surface area contributed by atoms with Gasteiger partial charge in [0.05, 0.1) is 6.10 Å². The second-order valence-electron chi connectivity index (χ2n) is 5.24. The van der Waals surface area contributed by atoms with Gasteiger partial charge >= 0.3 is 5.69 Å². The van der Waals surface area contributed by atoms with Crippen molar-refractivity contribution in [3.8, 4) is 0 Å². The molecule has 0 radical (unpaired) electrons. The zero-order chi connectivity index (χ0) is 11.8. The quantitative estimate of drug-likeness (QED) is 0.780. The summed E-state index contributed by atoms with van der Waals surface area (Å²) >= 11 is 0. The molecule has 88 valence electrons. The van der Waals surface area contributed by atoms with Gasteiger partial charge in [0.15, 0.2) is 0 Å². The van der Waals surface area contributed by atoms with Gasteiger partial charge in [0, 0.05) is 18.4 Å². The van der Waals surface area contributed by atoms with E-state index < -0.39 is 0 Å². The van der Waals surface area contributed by atoms with Crippen LogP contribution in [0.4, 0.5) is 0 Å². The number of hydrogen-bond acceptors (Lipinski definition) is 3. The highest BCUT2D eigenvalue weighted by Crippen LogP contribution is 2.42. The highest BCUT2D eigenvalue weighted by atomic mass is 16.3. The van der Waals surface area contributed by atoms with Crippen LogP contribution in [0.25, 0.3) is 0 Å². The van der Waals surface area contributed by atoms with E-state index in [9.17, 15) is 9.90 Å². The lowest BCUT2D eigenvalue weighted by atomic mass is 9.72. The molecular weight excluding hydrogens is 204 g/mol. The van der Waals surface area contributed by atoms with Crippen molar-refractivity contribution in [2.45, 2.75) is 45.3 Å². The van der Waals surface area contributed by atoms with Crippen LogP contribution < -0.4 is 5.69 Å². The van der Waals surface area contributed by atoms with E-state index >= 15 is 0 Å². The SMILES string of the molecule is CC1(C)CCC(O)CC1n1cccnc1=O. The number of aromatic nitrogens is 2. The molecule has 0 bridgehead atoms. The molecule has 16 heavy (non-hydrogen) atoms. The summed E-state index contributed by atoms with van der Waals surface area (Å²) in [6.45, 7) is 4.28. The molecule has 1 N–H and O–H groups in total. The molecular formula is C12H18N2O2. The maximum Gasteiger partial charge on any atom is 0.347 e. The summed E-state index contributed by atoms with van der Waals surface area (Å²) in [5, 5.41) is 9.73. The van der Waals surface area contributed by atoms with Crippen molar-refractivity contribution in [2.24, 2.45) is 5.41 Å². The topological polar surface area (TPSA) is 55.1 Å². The lowest BCUT2D eigenvalue weighted by molar-refractivity contribution is 0.0323. The molecule has 1 aromatic rings. The van der Waals surface area contributed by atoms with Crippen LogP contribution >= 0.6 is 0 Å². The molecule has 4 heteroatoms. The summed E-state index contributed by atoms with van der Waals surface area (Å²) in [7, 11) is 0. The van der Waals surface area contributed by atoms with E-state index in [4.69, 9.17) is 0 Å². The fourth-order valence-electron chi connectivity index (χ4n) is 2.50. The molecule has 4 nitrogen and oxygen atoms in total.